The van der Waals surface area contributed by atoms with E-state index >= 15 is 0 Å². The van der Waals surface area contributed by atoms with E-state index in [4.69, 9.17) is 9.47 Å². The Morgan fingerprint density at radius 2 is 1.81 bits per heavy atom. The van der Waals surface area contributed by atoms with Gasteiger partial charge in [-0.15, -0.1) is 0 Å². The van der Waals surface area contributed by atoms with Crippen LogP contribution in [0.25, 0.3) is 0 Å². The average Bonchev–Trinajstić information content (AvgIpc) is 2.71. The summed E-state index contributed by atoms with van der Waals surface area (Å²) in [6, 6.07) is 14.3. The number of hydrogen-bond donors (Lipinski definition) is 3. The number of aliphatic hydroxyl groups is 1. The predicted molar refractivity (Wildman–Crippen MR) is 98.3 cm³/mol. The van der Waals surface area contributed by atoms with Crippen molar-refractivity contribution in [2.24, 2.45) is 0 Å². The minimum atomic E-state index is -1.26. The molecule has 0 radical (unpaired) electrons. The van der Waals surface area contributed by atoms with Gasteiger partial charge in [0.25, 0.3) is 0 Å². The first-order valence-electron chi connectivity index (χ1n) is 8.65. The van der Waals surface area contributed by atoms with Crippen molar-refractivity contribution in [2.45, 2.75) is 18.6 Å². The smallest absolute Gasteiger partial charge is 0.309 e. The molecule has 0 aromatic heterocycles. The topological polar surface area (TPSA) is 96.9 Å². The lowest BCUT2D eigenvalue weighted by Crippen LogP contribution is -2.47. The van der Waals surface area contributed by atoms with Crippen molar-refractivity contribution in [3.8, 4) is 11.5 Å². The number of nitrogens with one attached hydrogen (secondary N) is 2. The lowest BCUT2D eigenvalue weighted by molar-refractivity contribution is -0.140. The lowest BCUT2D eigenvalue weighted by atomic mass is 9.88. The van der Waals surface area contributed by atoms with E-state index in [-0.39, 0.29) is 13.1 Å². The molecule has 142 valence electrons. The molecule has 0 bridgehead atoms. The van der Waals surface area contributed by atoms with Gasteiger partial charge in [-0.2, -0.15) is 0 Å². The second kappa shape index (κ2) is 8.09. The van der Waals surface area contributed by atoms with E-state index in [1.165, 1.54) is 0 Å². The van der Waals surface area contributed by atoms with E-state index in [0.29, 0.717) is 30.1 Å². The van der Waals surface area contributed by atoms with E-state index < -0.39 is 17.4 Å². The zero-order chi connectivity index (χ0) is 19.3. The number of para-hydroxylation sites is 1. The van der Waals surface area contributed by atoms with E-state index in [1.807, 2.05) is 6.07 Å². The van der Waals surface area contributed by atoms with Crippen LogP contribution in [0.5, 0.6) is 11.5 Å². The van der Waals surface area contributed by atoms with Gasteiger partial charge in [0, 0.05) is 18.5 Å². The maximum absolute atomic E-state index is 12.1. The highest BCUT2D eigenvalue weighted by Crippen LogP contribution is 2.36. The first kappa shape index (κ1) is 18.7. The monoisotopic (exact) mass is 370 g/mol. The van der Waals surface area contributed by atoms with Crippen molar-refractivity contribution in [2.75, 3.05) is 20.3 Å². The molecule has 27 heavy (non-hydrogen) atoms. The Morgan fingerprint density at radius 3 is 2.56 bits per heavy atom. The molecule has 2 aromatic rings. The third-order valence-corrected chi connectivity index (χ3v) is 4.52. The minimum Gasteiger partial charge on any atom is -0.497 e. The number of fused-ring (bicyclic) bond motifs is 1. The summed E-state index contributed by atoms with van der Waals surface area (Å²) in [5.74, 6) is -0.243. The zero-order valence-electron chi connectivity index (χ0n) is 15.0. The molecular weight excluding hydrogens is 348 g/mol. The molecule has 0 fully saturated rings. The number of methoxy groups -OCH3 is 1. The summed E-state index contributed by atoms with van der Waals surface area (Å²) < 4.78 is 10.6. The molecule has 1 aliphatic rings. The summed E-state index contributed by atoms with van der Waals surface area (Å²) in [6.45, 7) is 0.492. The van der Waals surface area contributed by atoms with Crippen LogP contribution in [-0.4, -0.2) is 37.2 Å². The zero-order valence-corrected chi connectivity index (χ0v) is 15.0. The summed E-state index contributed by atoms with van der Waals surface area (Å²) in [7, 11) is 1.58. The van der Waals surface area contributed by atoms with Crippen LogP contribution in [0.1, 0.15) is 17.5 Å². The van der Waals surface area contributed by atoms with Crippen LogP contribution in [-0.2, 0) is 21.7 Å². The molecule has 2 aromatic carbocycles. The van der Waals surface area contributed by atoms with Gasteiger partial charge in [-0.1, -0.05) is 30.3 Å². The van der Waals surface area contributed by atoms with Crippen LogP contribution in [0.3, 0.4) is 0 Å². The van der Waals surface area contributed by atoms with Gasteiger partial charge in [0.15, 0.2) is 0 Å². The third kappa shape index (κ3) is 4.38. The standard InChI is InChI=1S/C20H22N2O5/c1-26-15-8-6-14(7-9-15)12-21-18(23)19(24)22-13-20(25)10-11-27-17-5-3-2-4-16(17)20/h2-9,25H,10-13H2,1H3,(H,21,23)(H,22,24). The molecule has 0 spiro atoms. The average molecular weight is 370 g/mol. The van der Waals surface area contributed by atoms with Crippen molar-refractivity contribution in [1.29, 1.82) is 0 Å². The van der Waals surface area contributed by atoms with Crippen molar-refractivity contribution in [3.05, 3.63) is 59.7 Å². The van der Waals surface area contributed by atoms with Gasteiger partial charge in [0.2, 0.25) is 0 Å². The van der Waals surface area contributed by atoms with E-state index in [0.717, 1.165) is 5.56 Å². The summed E-state index contributed by atoms with van der Waals surface area (Å²) in [4.78, 5) is 24.1. The molecule has 0 saturated heterocycles. The molecule has 1 heterocycles. The molecule has 1 atom stereocenters. The molecule has 7 nitrogen and oxygen atoms in total. The second-order valence-electron chi connectivity index (χ2n) is 6.34. The van der Waals surface area contributed by atoms with Crippen LogP contribution in [0.2, 0.25) is 0 Å². The highest BCUT2D eigenvalue weighted by Gasteiger charge is 2.36. The first-order valence-corrected chi connectivity index (χ1v) is 8.65. The van der Waals surface area contributed by atoms with Gasteiger partial charge in [0.05, 0.1) is 20.3 Å². The number of carbonyl (C=O) groups is 2. The maximum atomic E-state index is 12.1. The van der Waals surface area contributed by atoms with Crippen molar-refractivity contribution < 1.29 is 24.2 Å². The molecule has 1 aliphatic heterocycles. The Balaban J connectivity index is 1.53. The Morgan fingerprint density at radius 1 is 1.11 bits per heavy atom. The Labute approximate surface area is 157 Å². The molecule has 3 N–H and O–H groups in total. The van der Waals surface area contributed by atoms with Crippen molar-refractivity contribution in [1.82, 2.24) is 10.6 Å². The Kier molecular flexibility index (Phi) is 5.61. The predicted octanol–water partition coefficient (Wildman–Crippen LogP) is 1.10. The van der Waals surface area contributed by atoms with Gasteiger partial charge in [-0.05, 0) is 23.8 Å². The van der Waals surface area contributed by atoms with E-state index in [1.54, 1.807) is 49.6 Å². The van der Waals surface area contributed by atoms with Gasteiger partial charge in [0.1, 0.15) is 17.1 Å². The van der Waals surface area contributed by atoms with Gasteiger partial charge in [-0.3, -0.25) is 9.59 Å². The fourth-order valence-electron chi connectivity index (χ4n) is 2.94. The number of rotatable bonds is 5. The highest BCUT2D eigenvalue weighted by atomic mass is 16.5. The molecular formula is C20H22N2O5. The summed E-state index contributed by atoms with van der Waals surface area (Å²) in [5, 5.41) is 15.9. The normalized spacial score (nSPS) is 18.0. The van der Waals surface area contributed by atoms with Crippen LogP contribution >= 0.6 is 0 Å². The second-order valence-corrected chi connectivity index (χ2v) is 6.34. The Hall–Kier alpha value is -3.06. The number of carbonyl (C=O) groups excluding carboxylic acids is 2. The van der Waals surface area contributed by atoms with Crippen LogP contribution in [0.4, 0.5) is 0 Å². The summed E-state index contributed by atoms with van der Waals surface area (Å²) in [6.07, 6.45) is 0.331. The fraction of sp³-hybridized carbons (Fsp3) is 0.300. The van der Waals surface area contributed by atoms with E-state index in [2.05, 4.69) is 10.6 Å². The fourth-order valence-corrected chi connectivity index (χ4v) is 2.94. The molecule has 2 amide bonds. The van der Waals surface area contributed by atoms with Crippen LogP contribution < -0.4 is 20.1 Å². The van der Waals surface area contributed by atoms with E-state index in [9.17, 15) is 14.7 Å². The van der Waals surface area contributed by atoms with Crippen molar-refractivity contribution in [3.63, 3.8) is 0 Å². The molecule has 1 unspecified atom stereocenters. The molecule has 7 heteroatoms. The number of hydrogen-bond acceptors (Lipinski definition) is 5. The minimum absolute atomic E-state index is 0.0673. The number of amides is 2. The van der Waals surface area contributed by atoms with Crippen LogP contribution in [0, 0.1) is 0 Å². The van der Waals surface area contributed by atoms with Crippen molar-refractivity contribution >= 4 is 11.8 Å². The summed E-state index contributed by atoms with van der Waals surface area (Å²) in [5.41, 5.74) is 0.185. The molecule has 3 rings (SSSR count). The lowest BCUT2D eigenvalue weighted by Gasteiger charge is -2.34. The maximum Gasteiger partial charge on any atom is 0.309 e. The van der Waals surface area contributed by atoms with Crippen LogP contribution in [0.15, 0.2) is 48.5 Å². The molecule has 0 aliphatic carbocycles. The third-order valence-electron chi connectivity index (χ3n) is 4.52. The Bertz CT molecular complexity index is 821. The first-order chi connectivity index (χ1) is 13.0. The molecule has 0 saturated carbocycles. The van der Waals surface area contributed by atoms with Gasteiger partial charge >= 0.3 is 11.8 Å². The highest BCUT2D eigenvalue weighted by molar-refractivity contribution is 6.35. The number of ether oxygens (including phenoxy) is 2. The van der Waals surface area contributed by atoms with Gasteiger partial charge < -0.3 is 25.2 Å². The van der Waals surface area contributed by atoms with Gasteiger partial charge in [-0.25, -0.2) is 0 Å². The quantitative estimate of drug-likeness (QED) is 0.685. The SMILES string of the molecule is COc1ccc(CNC(=O)C(=O)NCC2(O)CCOc3ccccc32)cc1. The summed E-state index contributed by atoms with van der Waals surface area (Å²) >= 11 is 0. The largest absolute Gasteiger partial charge is 0.497 e. The number of benzene rings is 2.